The molecule has 252 valence electrons. The van der Waals surface area contributed by atoms with Crippen molar-refractivity contribution in [3.05, 3.63) is 36.5 Å². The number of hydrogen-bond donors (Lipinski definition) is 3. The van der Waals surface area contributed by atoms with Gasteiger partial charge in [0.25, 0.3) is 0 Å². The molecule has 0 rings (SSSR count). The molecule has 0 saturated heterocycles. The van der Waals surface area contributed by atoms with Crippen LogP contribution in [0.2, 0.25) is 0 Å². The Kier molecular flexibility index (Phi) is 34.0. The third-order valence-corrected chi connectivity index (χ3v) is 8.35. The monoisotopic (exact) mass is 604 g/mol. The van der Waals surface area contributed by atoms with Crippen LogP contribution in [0.15, 0.2) is 36.5 Å². The maximum atomic E-state index is 12.2. The van der Waals surface area contributed by atoms with Crippen molar-refractivity contribution in [1.82, 2.24) is 5.32 Å². The van der Waals surface area contributed by atoms with E-state index in [-0.39, 0.29) is 12.5 Å². The molecule has 0 aliphatic heterocycles. The van der Waals surface area contributed by atoms with Crippen LogP contribution < -0.4 is 5.32 Å². The number of unbranched alkanes of at least 4 members (excludes halogenated alkanes) is 22. The van der Waals surface area contributed by atoms with Crippen LogP contribution >= 0.6 is 0 Å². The predicted octanol–water partition coefficient (Wildman–Crippen LogP) is 11.1. The fourth-order valence-corrected chi connectivity index (χ4v) is 5.43. The van der Waals surface area contributed by atoms with Crippen LogP contribution in [0.4, 0.5) is 0 Å². The van der Waals surface area contributed by atoms with Crippen molar-refractivity contribution >= 4 is 5.91 Å². The Bertz CT molecular complexity index is 657. The highest BCUT2D eigenvalue weighted by Gasteiger charge is 2.17. The highest BCUT2D eigenvalue weighted by atomic mass is 16.3. The molecule has 0 bridgehead atoms. The lowest BCUT2D eigenvalue weighted by Gasteiger charge is -2.19. The first-order chi connectivity index (χ1) is 21.2. The number of rotatable bonds is 33. The number of carbonyl (C=O) groups excluding carboxylic acids is 1. The van der Waals surface area contributed by atoms with Crippen molar-refractivity contribution in [2.75, 3.05) is 6.61 Å². The highest BCUT2D eigenvalue weighted by molar-refractivity contribution is 5.76. The zero-order valence-corrected chi connectivity index (χ0v) is 28.7. The van der Waals surface area contributed by atoms with Crippen LogP contribution in [0.25, 0.3) is 0 Å². The molecule has 0 radical (unpaired) electrons. The van der Waals surface area contributed by atoms with E-state index in [1.54, 1.807) is 6.08 Å². The molecule has 2 atom stereocenters. The summed E-state index contributed by atoms with van der Waals surface area (Å²) in [6, 6.07) is -0.650. The molecule has 0 aliphatic rings. The summed E-state index contributed by atoms with van der Waals surface area (Å²) >= 11 is 0. The molecule has 43 heavy (non-hydrogen) atoms. The molecule has 0 fully saturated rings. The fourth-order valence-electron chi connectivity index (χ4n) is 5.43. The Labute approximate surface area is 268 Å². The third-order valence-electron chi connectivity index (χ3n) is 8.35. The van der Waals surface area contributed by atoms with E-state index in [2.05, 4.69) is 43.5 Å². The van der Waals surface area contributed by atoms with Crippen LogP contribution in [0, 0.1) is 0 Å². The molecule has 1 amide bonds. The summed E-state index contributed by atoms with van der Waals surface area (Å²) < 4.78 is 0. The second kappa shape index (κ2) is 35.1. The highest BCUT2D eigenvalue weighted by Crippen LogP contribution is 2.14. The van der Waals surface area contributed by atoms with Crippen molar-refractivity contribution < 1.29 is 15.0 Å². The van der Waals surface area contributed by atoms with Gasteiger partial charge >= 0.3 is 0 Å². The number of amides is 1. The number of nitrogens with one attached hydrogen (secondary N) is 1. The first-order valence-corrected chi connectivity index (χ1v) is 18.7. The van der Waals surface area contributed by atoms with E-state index in [4.69, 9.17) is 0 Å². The second-order valence-corrected chi connectivity index (χ2v) is 12.6. The standard InChI is InChI=1S/C39H73NO3/c1-3-5-7-9-11-13-14-15-16-17-18-19-20-21-22-23-24-25-27-28-30-32-34-38(42)37(36-41)40-39(43)35-33-31-29-26-12-10-8-6-4-2/h25-27,29,32,34,37-38,41-42H,3-24,28,30-31,33,35-36H2,1-2H3,(H,40,43)/b27-25+,29-26-,34-32+. The van der Waals surface area contributed by atoms with E-state index in [0.717, 1.165) is 38.5 Å². The summed E-state index contributed by atoms with van der Waals surface area (Å²) in [5, 5.41) is 22.8. The van der Waals surface area contributed by atoms with Gasteiger partial charge in [0.2, 0.25) is 5.91 Å². The minimum Gasteiger partial charge on any atom is -0.394 e. The Morgan fingerprint density at radius 2 is 0.907 bits per heavy atom. The van der Waals surface area contributed by atoms with Crippen molar-refractivity contribution in [2.24, 2.45) is 0 Å². The SMILES string of the molecule is CCCCCC/C=C\CCCC(=O)NC(CO)C(O)/C=C/CC/C=C/CCCCCCCCCCCCCCCCCC. The summed E-state index contributed by atoms with van der Waals surface area (Å²) in [4.78, 5) is 12.2. The van der Waals surface area contributed by atoms with Gasteiger partial charge < -0.3 is 15.5 Å². The Hall–Kier alpha value is -1.39. The van der Waals surface area contributed by atoms with Gasteiger partial charge in [-0.1, -0.05) is 166 Å². The Morgan fingerprint density at radius 3 is 1.37 bits per heavy atom. The number of aliphatic hydroxyl groups is 2. The van der Waals surface area contributed by atoms with Crippen molar-refractivity contribution in [3.8, 4) is 0 Å². The number of aliphatic hydroxyl groups excluding tert-OH is 2. The normalized spacial score (nSPS) is 13.5. The minimum atomic E-state index is -0.869. The van der Waals surface area contributed by atoms with Gasteiger partial charge in [-0.2, -0.15) is 0 Å². The summed E-state index contributed by atoms with van der Waals surface area (Å²) in [5.74, 6) is -0.111. The van der Waals surface area contributed by atoms with Crippen LogP contribution in [-0.2, 0) is 4.79 Å². The van der Waals surface area contributed by atoms with Gasteiger partial charge in [-0.25, -0.2) is 0 Å². The predicted molar refractivity (Wildman–Crippen MR) is 188 cm³/mol. The fraction of sp³-hybridized carbons (Fsp3) is 0.821. The lowest BCUT2D eigenvalue weighted by Crippen LogP contribution is -2.45. The average Bonchev–Trinajstić information content (AvgIpc) is 3.01. The molecule has 0 aromatic heterocycles. The molecule has 0 heterocycles. The molecule has 0 aromatic rings. The van der Waals surface area contributed by atoms with E-state index in [1.807, 2.05) is 6.08 Å². The zero-order valence-electron chi connectivity index (χ0n) is 28.7. The molecule has 3 N–H and O–H groups in total. The first kappa shape index (κ1) is 41.6. The van der Waals surface area contributed by atoms with E-state index in [9.17, 15) is 15.0 Å². The lowest BCUT2D eigenvalue weighted by atomic mass is 10.0. The zero-order chi connectivity index (χ0) is 31.5. The Morgan fingerprint density at radius 1 is 0.535 bits per heavy atom. The van der Waals surface area contributed by atoms with Gasteiger partial charge in [-0.15, -0.1) is 0 Å². The molecule has 0 spiro atoms. The van der Waals surface area contributed by atoms with Crippen LogP contribution in [0.3, 0.4) is 0 Å². The molecular formula is C39H73NO3. The summed E-state index contributed by atoms with van der Waals surface area (Å²) in [7, 11) is 0. The summed E-state index contributed by atoms with van der Waals surface area (Å²) in [6.45, 7) is 4.24. The number of hydrogen-bond acceptors (Lipinski definition) is 3. The number of carbonyl (C=O) groups is 1. The summed E-state index contributed by atoms with van der Waals surface area (Å²) in [6.07, 6.45) is 45.4. The lowest BCUT2D eigenvalue weighted by molar-refractivity contribution is -0.122. The second-order valence-electron chi connectivity index (χ2n) is 12.6. The van der Waals surface area contributed by atoms with E-state index in [1.165, 1.54) is 128 Å². The third kappa shape index (κ3) is 31.8. The van der Waals surface area contributed by atoms with Gasteiger partial charge in [0.05, 0.1) is 18.8 Å². The van der Waals surface area contributed by atoms with Crippen molar-refractivity contribution in [1.29, 1.82) is 0 Å². The van der Waals surface area contributed by atoms with Crippen LogP contribution in [-0.4, -0.2) is 34.9 Å². The quantitative estimate of drug-likeness (QED) is 0.0516. The molecule has 0 aromatic carbocycles. The van der Waals surface area contributed by atoms with Gasteiger partial charge in [0, 0.05) is 6.42 Å². The molecular weight excluding hydrogens is 530 g/mol. The molecule has 2 unspecified atom stereocenters. The topological polar surface area (TPSA) is 69.6 Å². The van der Waals surface area contributed by atoms with Gasteiger partial charge in [-0.05, 0) is 51.4 Å². The van der Waals surface area contributed by atoms with Crippen LogP contribution in [0.1, 0.15) is 187 Å². The average molecular weight is 604 g/mol. The summed E-state index contributed by atoms with van der Waals surface area (Å²) in [5.41, 5.74) is 0. The van der Waals surface area contributed by atoms with Crippen molar-refractivity contribution in [3.63, 3.8) is 0 Å². The Balaban J connectivity index is 3.62. The van der Waals surface area contributed by atoms with Gasteiger partial charge in [-0.3, -0.25) is 4.79 Å². The molecule has 4 heteroatoms. The van der Waals surface area contributed by atoms with Crippen molar-refractivity contribution in [2.45, 2.75) is 199 Å². The molecule has 0 saturated carbocycles. The van der Waals surface area contributed by atoms with Crippen LogP contribution in [0.5, 0.6) is 0 Å². The molecule has 0 aliphatic carbocycles. The van der Waals surface area contributed by atoms with Gasteiger partial charge in [0.1, 0.15) is 0 Å². The largest absolute Gasteiger partial charge is 0.394 e. The maximum Gasteiger partial charge on any atom is 0.220 e. The van der Waals surface area contributed by atoms with E-state index < -0.39 is 12.1 Å². The van der Waals surface area contributed by atoms with E-state index >= 15 is 0 Å². The smallest absolute Gasteiger partial charge is 0.220 e. The maximum absolute atomic E-state index is 12.2. The van der Waals surface area contributed by atoms with Gasteiger partial charge in [0.15, 0.2) is 0 Å². The number of allylic oxidation sites excluding steroid dienone is 5. The van der Waals surface area contributed by atoms with E-state index in [0.29, 0.717) is 6.42 Å². The minimum absolute atomic E-state index is 0.111. The molecule has 4 nitrogen and oxygen atoms in total. The first-order valence-electron chi connectivity index (χ1n) is 18.7.